The molecule has 3 unspecified atom stereocenters. The lowest BCUT2D eigenvalue weighted by Gasteiger charge is -2.42. The Morgan fingerprint density at radius 3 is 2.50 bits per heavy atom. The van der Waals surface area contributed by atoms with Crippen molar-refractivity contribution in [1.82, 2.24) is 9.80 Å². The number of aliphatic imine (C=N–C) groups is 2. The van der Waals surface area contributed by atoms with E-state index in [1.54, 1.807) is 0 Å². The quantitative estimate of drug-likeness (QED) is 0.710. The zero-order valence-corrected chi connectivity index (χ0v) is 12.0. The molecule has 2 amide bonds. The Bertz CT molecular complexity index is 602. The lowest BCUT2D eigenvalue weighted by molar-refractivity contribution is 0.0996. The van der Waals surface area contributed by atoms with Crippen LogP contribution in [0, 0.1) is 0 Å². The van der Waals surface area contributed by atoms with Crippen molar-refractivity contribution in [2.24, 2.45) is 9.98 Å². The normalized spacial score (nSPS) is 32.9. The number of allylic oxidation sites excluding steroid dienone is 2. The molecule has 3 aliphatic rings. The summed E-state index contributed by atoms with van der Waals surface area (Å²) in [6.45, 7) is 4.12. The highest BCUT2D eigenvalue weighted by atomic mass is 16.3. The first-order valence-corrected chi connectivity index (χ1v) is 6.62. The molecule has 0 aromatic carbocycles. The van der Waals surface area contributed by atoms with Gasteiger partial charge >= 0.3 is 6.03 Å². The number of rotatable bonds is 0. The molecule has 2 aliphatic heterocycles. The van der Waals surface area contributed by atoms with Gasteiger partial charge in [0.25, 0.3) is 0 Å². The van der Waals surface area contributed by atoms with Gasteiger partial charge in [-0.05, 0) is 13.8 Å². The van der Waals surface area contributed by atoms with Crippen LogP contribution in [0.2, 0.25) is 0 Å². The Hall–Kier alpha value is -1.95. The van der Waals surface area contributed by atoms with Gasteiger partial charge in [-0.3, -0.25) is 9.89 Å². The van der Waals surface area contributed by atoms with Crippen LogP contribution in [0.1, 0.15) is 13.8 Å². The van der Waals surface area contributed by atoms with Gasteiger partial charge in [0.15, 0.2) is 12.1 Å². The first-order valence-electron chi connectivity index (χ1n) is 6.62. The maximum absolute atomic E-state index is 11.8. The van der Waals surface area contributed by atoms with E-state index in [1.165, 1.54) is 23.1 Å². The summed E-state index contributed by atoms with van der Waals surface area (Å²) in [6.07, 6.45) is 3.21. The number of urea groups is 1. The molecule has 0 bridgehead atoms. The summed E-state index contributed by atoms with van der Waals surface area (Å²) in [7, 11) is 3.41. The van der Waals surface area contributed by atoms with Gasteiger partial charge in [-0.25, -0.2) is 4.79 Å². The monoisotopic (exact) mass is 274 g/mol. The molecular formula is C14H18N4O2. The van der Waals surface area contributed by atoms with Crippen molar-refractivity contribution in [2.45, 2.75) is 32.2 Å². The van der Waals surface area contributed by atoms with Crippen molar-refractivity contribution in [2.75, 3.05) is 14.1 Å². The van der Waals surface area contributed by atoms with Gasteiger partial charge < -0.3 is 10.0 Å². The van der Waals surface area contributed by atoms with Gasteiger partial charge in [0.05, 0.1) is 12.1 Å². The van der Waals surface area contributed by atoms with E-state index in [9.17, 15) is 9.90 Å². The largest absolute Gasteiger partial charge is 0.368 e. The Labute approximate surface area is 117 Å². The SMILES string of the molecule is CC1=CC2N=C3C(=NC(=O)N(C)C3O)N(C)C2C=C1C. The number of aliphatic hydroxyl groups is 1. The number of amides is 2. The van der Waals surface area contributed by atoms with Crippen LogP contribution in [0.15, 0.2) is 33.3 Å². The zero-order chi connectivity index (χ0) is 14.6. The highest BCUT2D eigenvalue weighted by Gasteiger charge is 2.41. The fraction of sp³-hybridized carbons (Fsp3) is 0.500. The molecular weight excluding hydrogens is 256 g/mol. The van der Waals surface area contributed by atoms with Gasteiger partial charge in [-0.2, -0.15) is 4.99 Å². The number of likely N-dealkylation sites (N-methyl/N-ethyl adjacent to an activating group) is 1. The van der Waals surface area contributed by atoms with Gasteiger partial charge in [0.2, 0.25) is 0 Å². The molecule has 0 aromatic rings. The number of fused-ring (bicyclic) bond motifs is 2. The molecule has 0 saturated carbocycles. The number of aliphatic hydroxyl groups excluding tert-OH is 1. The first-order chi connectivity index (χ1) is 9.40. The molecule has 0 spiro atoms. The first kappa shape index (κ1) is 13.1. The molecule has 3 atom stereocenters. The zero-order valence-electron chi connectivity index (χ0n) is 12.0. The average Bonchev–Trinajstić information content (AvgIpc) is 2.41. The maximum Gasteiger partial charge on any atom is 0.347 e. The summed E-state index contributed by atoms with van der Waals surface area (Å²) < 4.78 is 0. The van der Waals surface area contributed by atoms with Crippen LogP contribution in [-0.2, 0) is 0 Å². The molecule has 2 heterocycles. The van der Waals surface area contributed by atoms with Gasteiger partial charge in [0, 0.05) is 14.1 Å². The molecule has 6 nitrogen and oxygen atoms in total. The predicted octanol–water partition coefficient (Wildman–Crippen LogP) is 0.798. The van der Waals surface area contributed by atoms with Crippen LogP contribution in [0.5, 0.6) is 0 Å². The average molecular weight is 274 g/mol. The summed E-state index contributed by atoms with van der Waals surface area (Å²) in [6, 6.07) is -0.446. The second-order valence-electron chi connectivity index (χ2n) is 5.51. The molecule has 0 radical (unpaired) electrons. The highest BCUT2D eigenvalue weighted by molar-refractivity contribution is 6.46. The minimum absolute atomic E-state index is 0.0459. The molecule has 0 saturated heterocycles. The standard InChI is InChI=1S/C14H18N4O2/c1-7-5-9-10(6-8(7)2)17(3)12-11(15-9)13(19)18(4)14(20)16-12/h5-6,9-10,13,19H,1-4H3. The summed E-state index contributed by atoms with van der Waals surface area (Å²) >= 11 is 0. The lowest BCUT2D eigenvalue weighted by atomic mass is 9.90. The minimum atomic E-state index is -1.03. The van der Waals surface area contributed by atoms with E-state index < -0.39 is 12.3 Å². The second kappa shape index (κ2) is 4.28. The molecule has 1 aliphatic carbocycles. The van der Waals surface area contributed by atoms with Crippen molar-refractivity contribution in [3.8, 4) is 0 Å². The van der Waals surface area contributed by atoms with Gasteiger partial charge in [0.1, 0.15) is 5.71 Å². The Balaban J connectivity index is 2.10. The second-order valence-corrected chi connectivity index (χ2v) is 5.51. The summed E-state index contributed by atoms with van der Waals surface area (Å²) in [5, 5.41) is 10.2. The Morgan fingerprint density at radius 2 is 1.80 bits per heavy atom. The van der Waals surface area contributed by atoms with E-state index >= 15 is 0 Å². The predicted molar refractivity (Wildman–Crippen MR) is 76.9 cm³/mol. The number of carbonyl (C=O) groups excluding carboxylic acids is 1. The Morgan fingerprint density at radius 1 is 1.15 bits per heavy atom. The fourth-order valence-corrected chi connectivity index (χ4v) is 2.74. The van der Waals surface area contributed by atoms with Gasteiger partial charge in [-0.1, -0.05) is 23.3 Å². The summed E-state index contributed by atoms with van der Waals surface area (Å²) in [4.78, 5) is 23.5. The van der Waals surface area contributed by atoms with Gasteiger partial charge in [-0.15, -0.1) is 0 Å². The molecule has 20 heavy (non-hydrogen) atoms. The summed E-state index contributed by atoms with van der Waals surface area (Å²) in [5.41, 5.74) is 2.86. The van der Waals surface area contributed by atoms with Crippen molar-refractivity contribution >= 4 is 17.6 Å². The molecule has 0 fully saturated rings. The van der Waals surface area contributed by atoms with Crippen molar-refractivity contribution in [3.05, 3.63) is 23.3 Å². The molecule has 6 heteroatoms. The Kier molecular flexibility index (Phi) is 2.79. The van der Waals surface area contributed by atoms with Crippen LogP contribution >= 0.6 is 0 Å². The van der Waals surface area contributed by atoms with Crippen molar-refractivity contribution < 1.29 is 9.90 Å². The molecule has 3 rings (SSSR count). The smallest absolute Gasteiger partial charge is 0.347 e. The molecule has 1 N–H and O–H groups in total. The number of nitrogens with zero attached hydrogens (tertiary/aromatic N) is 4. The van der Waals surface area contributed by atoms with Crippen LogP contribution in [0.25, 0.3) is 0 Å². The number of carbonyl (C=O) groups is 1. The third-order valence-electron chi connectivity index (χ3n) is 4.23. The van der Waals surface area contributed by atoms with Crippen LogP contribution < -0.4 is 0 Å². The van der Waals surface area contributed by atoms with Crippen molar-refractivity contribution in [3.63, 3.8) is 0 Å². The molecule has 0 aromatic heterocycles. The summed E-state index contributed by atoms with van der Waals surface area (Å²) in [5.74, 6) is 0.471. The third-order valence-corrected chi connectivity index (χ3v) is 4.23. The number of hydrogen-bond donors (Lipinski definition) is 1. The van der Waals surface area contributed by atoms with Crippen LogP contribution in [0.4, 0.5) is 4.79 Å². The fourth-order valence-electron chi connectivity index (χ4n) is 2.74. The van der Waals surface area contributed by atoms with Crippen LogP contribution in [0.3, 0.4) is 0 Å². The maximum atomic E-state index is 11.8. The van der Waals surface area contributed by atoms with Crippen LogP contribution in [-0.4, -0.2) is 64.9 Å². The highest BCUT2D eigenvalue weighted by Crippen LogP contribution is 2.28. The van der Waals surface area contributed by atoms with E-state index in [2.05, 4.69) is 36.0 Å². The van der Waals surface area contributed by atoms with E-state index in [-0.39, 0.29) is 12.1 Å². The number of hydrogen-bond acceptors (Lipinski definition) is 4. The van der Waals surface area contributed by atoms with E-state index in [1.807, 2.05) is 11.9 Å². The minimum Gasteiger partial charge on any atom is -0.368 e. The van der Waals surface area contributed by atoms with E-state index in [0.29, 0.717) is 11.5 Å². The third kappa shape index (κ3) is 1.71. The van der Waals surface area contributed by atoms with E-state index in [0.717, 1.165) is 0 Å². The van der Waals surface area contributed by atoms with E-state index in [4.69, 9.17) is 0 Å². The lowest BCUT2D eigenvalue weighted by Crippen LogP contribution is -2.59. The molecule has 106 valence electrons. The topological polar surface area (TPSA) is 68.5 Å². The van der Waals surface area contributed by atoms with Crippen molar-refractivity contribution in [1.29, 1.82) is 0 Å². The number of amidine groups is 1.